The standard InChI is InChI=1S/C24H29N5O.2ClH/c1-29-12-2-3-22(29)21-13-19-15-26-23(14-20(19)27-21)28-24(30)18-6-4-16(5-7-18)17-8-10-25-11-9-17;;/h4-7,13-15,17,22,25,27H,2-3,8-12H2,1H3,(H,26,28,30);2*1H/t22-;;/m1../s1. The molecule has 0 aliphatic carbocycles. The van der Waals surface area contributed by atoms with E-state index in [0.717, 1.165) is 43.4 Å². The third kappa shape index (κ3) is 5.09. The van der Waals surface area contributed by atoms with Crippen LogP contribution in [-0.2, 0) is 0 Å². The third-order valence-corrected chi connectivity index (χ3v) is 6.63. The molecule has 2 fully saturated rings. The molecule has 2 saturated heterocycles. The first-order valence-electron chi connectivity index (χ1n) is 11.0. The van der Waals surface area contributed by atoms with Gasteiger partial charge in [-0.2, -0.15) is 0 Å². The van der Waals surface area contributed by atoms with Gasteiger partial charge in [-0.3, -0.25) is 9.69 Å². The Kier molecular flexibility index (Phi) is 8.17. The largest absolute Gasteiger partial charge is 0.357 e. The van der Waals surface area contributed by atoms with Crippen LogP contribution < -0.4 is 10.6 Å². The molecule has 4 heterocycles. The molecule has 1 aromatic carbocycles. The van der Waals surface area contributed by atoms with Gasteiger partial charge in [0.05, 0.1) is 5.52 Å². The molecule has 6 nitrogen and oxygen atoms in total. The Labute approximate surface area is 201 Å². The summed E-state index contributed by atoms with van der Waals surface area (Å²) in [6.45, 7) is 3.27. The second kappa shape index (κ2) is 10.7. The Hall–Kier alpha value is -2.12. The van der Waals surface area contributed by atoms with E-state index in [0.29, 0.717) is 23.3 Å². The van der Waals surface area contributed by atoms with E-state index in [-0.39, 0.29) is 30.7 Å². The number of benzene rings is 1. The van der Waals surface area contributed by atoms with Crippen LogP contribution in [0.25, 0.3) is 10.9 Å². The van der Waals surface area contributed by atoms with E-state index >= 15 is 0 Å². The summed E-state index contributed by atoms with van der Waals surface area (Å²) in [5.74, 6) is 1.04. The number of amides is 1. The van der Waals surface area contributed by atoms with Crippen LogP contribution in [-0.4, -0.2) is 47.5 Å². The van der Waals surface area contributed by atoms with Gasteiger partial charge in [0.25, 0.3) is 5.91 Å². The summed E-state index contributed by atoms with van der Waals surface area (Å²) in [5, 5.41) is 7.42. The fraction of sp³-hybridized carbons (Fsp3) is 0.417. The SMILES string of the molecule is CN1CCC[C@@H]1c1cc2cnc(NC(=O)c3ccc(C4CCNCC4)cc3)cc2[nH]1.Cl.Cl. The quantitative estimate of drug-likeness (QED) is 0.501. The molecule has 1 atom stereocenters. The van der Waals surface area contributed by atoms with E-state index in [1.807, 2.05) is 24.4 Å². The van der Waals surface area contributed by atoms with Crippen molar-refractivity contribution >= 4 is 47.4 Å². The maximum Gasteiger partial charge on any atom is 0.256 e. The first-order chi connectivity index (χ1) is 14.7. The molecule has 2 aliphatic rings. The number of rotatable bonds is 4. The fourth-order valence-electron chi connectivity index (χ4n) is 4.85. The summed E-state index contributed by atoms with van der Waals surface area (Å²) in [6, 6.07) is 12.6. The normalized spacial score (nSPS) is 19.3. The number of halogens is 2. The average Bonchev–Trinajstić information content (AvgIpc) is 3.39. The van der Waals surface area contributed by atoms with Gasteiger partial charge in [-0.05, 0) is 82.0 Å². The van der Waals surface area contributed by atoms with Crippen LogP contribution in [0.5, 0.6) is 0 Å². The number of H-pyrrole nitrogens is 1. The number of aromatic nitrogens is 2. The number of aromatic amines is 1. The highest BCUT2D eigenvalue weighted by Crippen LogP contribution is 2.32. The number of nitrogens with zero attached hydrogens (tertiary/aromatic N) is 2. The summed E-state index contributed by atoms with van der Waals surface area (Å²) in [6.07, 6.45) is 6.55. The van der Waals surface area contributed by atoms with E-state index in [2.05, 4.69) is 50.7 Å². The van der Waals surface area contributed by atoms with Crippen LogP contribution >= 0.6 is 24.8 Å². The van der Waals surface area contributed by atoms with Crippen molar-refractivity contribution in [1.82, 2.24) is 20.2 Å². The smallest absolute Gasteiger partial charge is 0.256 e. The molecule has 172 valence electrons. The molecule has 3 N–H and O–H groups in total. The van der Waals surface area contributed by atoms with Crippen molar-refractivity contribution in [2.24, 2.45) is 0 Å². The molecular formula is C24H31Cl2N5O. The summed E-state index contributed by atoms with van der Waals surface area (Å²) in [7, 11) is 2.17. The molecule has 1 amide bonds. The number of hydrogen-bond acceptors (Lipinski definition) is 4. The number of anilines is 1. The molecule has 0 saturated carbocycles. The van der Waals surface area contributed by atoms with Crippen LogP contribution in [0.2, 0.25) is 0 Å². The maximum atomic E-state index is 12.7. The van der Waals surface area contributed by atoms with E-state index < -0.39 is 0 Å². The molecule has 0 radical (unpaired) electrons. The Morgan fingerprint density at radius 3 is 2.53 bits per heavy atom. The molecule has 0 unspecified atom stereocenters. The summed E-state index contributed by atoms with van der Waals surface area (Å²) in [5.41, 5.74) is 4.22. The minimum absolute atomic E-state index is 0. The van der Waals surface area contributed by atoms with Crippen LogP contribution in [0.3, 0.4) is 0 Å². The monoisotopic (exact) mass is 475 g/mol. The Bertz CT molecular complexity index is 1050. The van der Waals surface area contributed by atoms with Crippen molar-refractivity contribution in [3.63, 3.8) is 0 Å². The maximum absolute atomic E-state index is 12.7. The van der Waals surface area contributed by atoms with Crippen molar-refractivity contribution in [2.75, 3.05) is 32.0 Å². The van der Waals surface area contributed by atoms with Crippen molar-refractivity contribution in [3.05, 3.63) is 59.4 Å². The first-order valence-corrected chi connectivity index (χ1v) is 11.0. The van der Waals surface area contributed by atoms with E-state index in [4.69, 9.17) is 0 Å². The predicted molar refractivity (Wildman–Crippen MR) is 134 cm³/mol. The Morgan fingerprint density at radius 2 is 1.84 bits per heavy atom. The van der Waals surface area contributed by atoms with E-state index in [1.165, 1.54) is 24.1 Å². The van der Waals surface area contributed by atoms with Gasteiger partial charge >= 0.3 is 0 Å². The number of fused-ring (bicyclic) bond motifs is 1. The lowest BCUT2D eigenvalue weighted by atomic mass is 9.90. The summed E-state index contributed by atoms with van der Waals surface area (Å²) < 4.78 is 0. The average molecular weight is 476 g/mol. The zero-order chi connectivity index (χ0) is 20.5. The first kappa shape index (κ1) is 24.5. The zero-order valence-electron chi connectivity index (χ0n) is 18.3. The van der Waals surface area contributed by atoms with Gasteiger partial charge in [-0.25, -0.2) is 4.98 Å². The number of piperidine rings is 1. The second-order valence-corrected chi connectivity index (χ2v) is 8.62. The van der Waals surface area contributed by atoms with E-state index in [1.54, 1.807) is 0 Å². The number of pyridine rings is 1. The van der Waals surface area contributed by atoms with Gasteiger partial charge in [-0.15, -0.1) is 24.8 Å². The van der Waals surface area contributed by atoms with Gasteiger partial charge in [0.15, 0.2) is 0 Å². The third-order valence-electron chi connectivity index (χ3n) is 6.63. The second-order valence-electron chi connectivity index (χ2n) is 8.62. The molecule has 2 aliphatic heterocycles. The topological polar surface area (TPSA) is 73.1 Å². The lowest BCUT2D eigenvalue weighted by Gasteiger charge is -2.23. The highest BCUT2D eigenvalue weighted by molar-refractivity contribution is 6.04. The molecule has 3 aromatic rings. The number of likely N-dealkylation sites (tertiary alicyclic amines) is 1. The van der Waals surface area contributed by atoms with Crippen LogP contribution in [0.1, 0.15) is 59.3 Å². The van der Waals surface area contributed by atoms with Gasteiger partial charge < -0.3 is 15.6 Å². The highest BCUT2D eigenvalue weighted by Gasteiger charge is 2.24. The highest BCUT2D eigenvalue weighted by atomic mass is 35.5. The minimum Gasteiger partial charge on any atom is -0.357 e. The molecule has 2 aromatic heterocycles. The molecule has 0 bridgehead atoms. The Morgan fingerprint density at radius 1 is 1.09 bits per heavy atom. The van der Waals surface area contributed by atoms with Crippen molar-refractivity contribution in [1.29, 1.82) is 0 Å². The minimum atomic E-state index is -0.124. The fourth-order valence-corrected chi connectivity index (χ4v) is 4.85. The van der Waals surface area contributed by atoms with Crippen LogP contribution in [0, 0.1) is 0 Å². The van der Waals surface area contributed by atoms with Crippen LogP contribution in [0.4, 0.5) is 5.82 Å². The molecule has 0 spiro atoms. The van der Waals surface area contributed by atoms with Crippen LogP contribution in [0.15, 0.2) is 42.6 Å². The Balaban J connectivity index is 0.00000144. The number of carbonyl (C=O) groups is 1. The number of nitrogens with one attached hydrogen (secondary N) is 3. The lowest BCUT2D eigenvalue weighted by molar-refractivity contribution is 0.102. The molecular weight excluding hydrogens is 445 g/mol. The molecule has 8 heteroatoms. The van der Waals surface area contributed by atoms with Crippen molar-refractivity contribution in [3.8, 4) is 0 Å². The van der Waals surface area contributed by atoms with Gasteiger partial charge in [0, 0.05) is 34.9 Å². The summed E-state index contributed by atoms with van der Waals surface area (Å²) in [4.78, 5) is 23.1. The number of hydrogen-bond donors (Lipinski definition) is 3. The van der Waals surface area contributed by atoms with E-state index in [9.17, 15) is 4.79 Å². The lowest BCUT2D eigenvalue weighted by Crippen LogP contribution is -2.26. The van der Waals surface area contributed by atoms with Crippen molar-refractivity contribution < 1.29 is 4.79 Å². The molecule has 5 rings (SSSR count). The summed E-state index contributed by atoms with van der Waals surface area (Å²) >= 11 is 0. The molecule has 32 heavy (non-hydrogen) atoms. The van der Waals surface area contributed by atoms with Crippen molar-refractivity contribution in [2.45, 2.75) is 37.6 Å². The van der Waals surface area contributed by atoms with Gasteiger partial charge in [0.1, 0.15) is 5.82 Å². The van der Waals surface area contributed by atoms with Gasteiger partial charge in [0.2, 0.25) is 0 Å². The predicted octanol–water partition coefficient (Wildman–Crippen LogP) is 4.89. The zero-order valence-corrected chi connectivity index (χ0v) is 19.9. The van der Waals surface area contributed by atoms with Gasteiger partial charge in [-0.1, -0.05) is 12.1 Å². The number of carbonyl (C=O) groups excluding carboxylic acids is 1.